The third kappa shape index (κ3) is 6.44. The van der Waals surface area contributed by atoms with Crippen molar-refractivity contribution in [3.05, 3.63) is 29.4 Å². The maximum atomic E-state index is 13.9. The number of hydrogen-bond acceptors (Lipinski definition) is 6. The first-order chi connectivity index (χ1) is 16.5. The molecule has 4 rings (SSSR count). The maximum Gasteiger partial charge on any atom is 0.626 e. The number of rotatable bonds is 5. The Bertz CT molecular complexity index is 1120. The first kappa shape index (κ1) is 25.7. The molecule has 1 aliphatic heterocycles. The van der Waals surface area contributed by atoms with Crippen LogP contribution in [0.2, 0.25) is 0 Å². The first-order valence-corrected chi connectivity index (χ1v) is 15.1. The van der Waals surface area contributed by atoms with Gasteiger partial charge < -0.3 is 14.4 Å². The molecule has 1 aliphatic carbocycles. The van der Waals surface area contributed by atoms with Crippen LogP contribution in [0.4, 0.5) is 15.3 Å². The number of aromatic nitrogens is 1. The van der Waals surface area contributed by atoms with Crippen molar-refractivity contribution in [3.63, 3.8) is 0 Å². The van der Waals surface area contributed by atoms with Crippen molar-refractivity contribution in [2.24, 2.45) is 0 Å². The molecule has 0 radical (unpaired) electrons. The molecule has 0 bridgehead atoms. The van der Waals surface area contributed by atoms with Crippen molar-refractivity contribution in [1.29, 1.82) is 0 Å². The van der Waals surface area contributed by atoms with E-state index < -0.39 is 24.9 Å². The molecule has 10 heteroatoms. The highest BCUT2D eigenvalue weighted by molar-refractivity contribution is 7.72. The molecule has 0 spiro atoms. The average molecular weight is 521 g/mol. The minimum atomic E-state index is -2.55. The number of ether oxygens (including phenoxy) is 1. The van der Waals surface area contributed by atoms with E-state index in [2.05, 4.69) is 10.6 Å². The molecule has 2 aliphatic rings. The molecule has 1 saturated heterocycles. The van der Waals surface area contributed by atoms with E-state index in [4.69, 9.17) is 14.8 Å². The number of anilines is 1. The van der Waals surface area contributed by atoms with Gasteiger partial charge in [0.2, 0.25) is 0 Å². The Morgan fingerprint density at radius 3 is 2.46 bits per heavy atom. The minimum absolute atomic E-state index is 0.0693. The zero-order chi connectivity index (χ0) is 25.2. The molecule has 1 aromatic heterocycles. The van der Waals surface area contributed by atoms with Crippen LogP contribution in [-0.2, 0) is 9.30 Å². The summed E-state index contributed by atoms with van der Waals surface area (Å²) in [5.74, 6) is 0.326. The summed E-state index contributed by atoms with van der Waals surface area (Å²) in [5, 5.41) is 14.5. The molecule has 2 aromatic rings. The summed E-state index contributed by atoms with van der Waals surface area (Å²) in [4.78, 5) is 29.0. The highest BCUT2D eigenvalue weighted by Crippen LogP contribution is 2.53. The van der Waals surface area contributed by atoms with Gasteiger partial charge in [0, 0.05) is 47.0 Å². The Morgan fingerprint density at radius 2 is 1.83 bits per heavy atom. The van der Waals surface area contributed by atoms with Crippen LogP contribution in [0.1, 0.15) is 70.2 Å². The number of hydrogen-bond donors (Lipinski definition) is 2. The van der Waals surface area contributed by atoms with Crippen LogP contribution in [-0.4, -0.2) is 46.2 Å². The second-order valence-corrected chi connectivity index (χ2v) is 14.7. The molecule has 2 heterocycles. The highest BCUT2D eigenvalue weighted by atomic mass is 32.1. The van der Waals surface area contributed by atoms with Gasteiger partial charge in [0.1, 0.15) is 12.7 Å². The SMILES string of the molecule is CC(C)(C)OC(=O)Nc1ccc(-c2cnc(C3CCC(NC(=O)[OH2+])CC3)s2)c(P2(=O)CCCC2)c1. The average Bonchev–Trinajstić information content (AvgIpc) is 3.43. The van der Waals surface area contributed by atoms with Crippen molar-refractivity contribution >= 4 is 41.7 Å². The number of carbonyl (C=O) groups excluding carboxylic acids is 2. The first-order valence-electron chi connectivity index (χ1n) is 12.2. The number of nitrogens with one attached hydrogen (secondary N) is 2. The molecule has 0 atom stereocenters. The van der Waals surface area contributed by atoms with Gasteiger partial charge in [-0.05, 0) is 71.4 Å². The van der Waals surface area contributed by atoms with E-state index in [0.717, 1.165) is 59.3 Å². The summed E-state index contributed by atoms with van der Waals surface area (Å²) in [7, 11) is -2.55. The van der Waals surface area contributed by atoms with Crippen molar-refractivity contribution in [2.45, 2.75) is 76.9 Å². The fourth-order valence-electron chi connectivity index (χ4n) is 4.93. The molecule has 8 nitrogen and oxygen atoms in total. The topological polar surface area (TPSA) is 120 Å². The number of benzene rings is 1. The Morgan fingerprint density at radius 1 is 1.14 bits per heavy atom. The lowest BCUT2D eigenvalue weighted by Gasteiger charge is -2.26. The van der Waals surface area contributed by atoms with Gasteiger partial charge in [0.15, 0.2) is 0 Å². The van der Waals surface area contributed by atoms with E-state index in [1.54, 1.807) is 11.3 Å². The predicted octanol–water partition coefficient (Wildman–Crippen LogP) is 5.40. The van der Waals surface area contributed by atoms with Gasteiger partial charge >= 0.3 is 12.2 Å². The summed E-state index contributed by atoms with van der Waals surface area (Å²) in [6, 6.07) is 5.70. The smallest absolute Gasteiger partial charge is 0.547 e. The van der Waals surface area contributed by atoms with Crippen LogP contribution in [0.5, 0.6) is 0 Å². The van der Waals surface area contributed by atoms with E-state index in [9.17, 15) is 14.2 Å². The summed E-state index contributed by atoms with van der Waals surface area (Å²) >= 11 is 1.64. The fourth-order valence-corrected chi connectivity index (χ4v) is 9.32. The Hall–Kier alpha value is -2.38. The second-order valence-electron chi connectivity index (χ2n) is 10.5. The summed E-state index contributed by atoms with van der Waals surface area (Å²) in [6.07, 6.45) is 7.43. The number of thiazole rings is 1. The third-order valence-electron chi connectivity index (χ3n) is 6.57. The van der Waals surface area contributed by atoms with Gasteiger partial charge in [-0.1, -0.05) is 6.07 Å². The number of nitrogens with zero attached hydrogens (tertiary/aromatic N) is 1. The van der Waals surface area contributed by atoms with Gasteiger partial charge in [0.05, 0.1) is 14.7 Å². The monoisotopic (exact) mass is 520 g/mol. The van der Waals surface area contributed by atoms with E-state index >= 15 is 0 Å². The largest absolute Gasteiger partial charge is 0.626 e. The van der Waals surface area contributed by atoms with Crippen LogP contribution in [0.3, 0.4) is 0 Å². The fraction of sp³-hybridized carbons (Fsp3) is 0.560. The minimum Gasteiger partial charge on any atom is -0.547 e. The molecule has 35 heavy (non-hydrogen) atoms. The Labute approximate surface area is 210 Å². The molecular weight excluding hydrogens is 485 g/mol. The van der Waals surface area contributed by atoms with Crippen molar-refractivity contribution in [1.82, 2.24) is 10.3 Å². The summed E-state index contributed by atoms with van der Waals surface area (Å²) in [5.41, 5.74) is 0.916. The zero-order valence-corrected chi connectivity index (χ0v) is 22.3. The molecule has 190 valence electrons. The quantitative estimate of drug-likeness (QED) is 0.404. The summed E-state index contributed by atoms with van der Waals surface area (Å²) in [6.45, 7) is 5.45. The molecule has 2 amide bonds. The zero-order valence-electron chi connectivity index (χ0n) is 20.6. The summed E-state index contributed by atoms with van der Waals surface area (Å²) < 4.78 is 19.3. The lowest BCUT2D eigenvalue weighted by molar-refractivity contribution is 0.0636. The molecule has 0 unspecified atom stereocenters. The van der Waals surface area contributed by atoms with Crippen LogP contribution < -0.4 is 15.9 Å². The number of carbonyl (C=O) groups is 2. The predicted molar refractivity (Wildman–Crippen MR) is 141 cm³/mol. The van der Waals surface area contributed by atoms with Crippen LogP contribution in [0.15, 0.2) is 24.4 Å². The maximum absolute atomic E-state index is 13.9. The molecule has 2 fully saturated rings. The standard InChI is InChI=1S/C25H34N3O5PS/c1-25(2,3)33-24(31)28-18-10-11-19(20(14-18)34(32)12-4-5-13-34)21-15-26-22(35-21)16-6-8-17(9-7-16)27-23(29)30/h10-11,14-17,27H,4-9,12-13H2,1-3H3,(H,28,31)(H,29,30)/p+1. The highest BCUT2D eigenvalue weighted by Gasteiger charge is 2.33. The van der Waals surface area contributed by atoms with Crippen molar-refractivity contribution in [2.75, 3.05) is 17.6 Å². The molecular formula is C25H35N3O5PS+. The van der Waals surface area contributed by atoms with E-state index in [-0.39, 0.29) is 6.04 Å². The molecule has 1 saturated carbocycles. The van der Waals surface area contributed by atoms with Crippen LogP contribution in [0, 0.1) is 0 Å². The lowest BCUT2D eigenvalue weighted by atomic mass is 9.86. The molecule has 1 aromatic carbocycles. The van der Waals surface area contributed by atoms with Gasteiger partial charge in [-0.3, -0.25) is 10.6 Å². The normalized spacial score (nSPS) is 21.9. The second kappa shape index (κ2) is 10.3. The Balaban J connectivity index is 1.57. The van der Waals surface area contributed by atoms with Gasteiger partial charge in [0.25, 0.3) is 0 Å². The van der Waals surface area contributed by atoms with Gasteiger partial charge in [-0.25, -0.2) is 9.78 Å². The van der Waals surface area contributed by atoms with Crippen molar-refractivity contribution < 1.29 is 24.0 Å². The van der Waals surface area contributed by atoms with E-state index in [0.29, 0.717) is 23.9 Å². The Kier molecular flexibility index (Phi) is 7.57. The van der Waals surface area contributed by atoms with Crippen molar-refractivity contribution in [3.8, 4) is 10.4 Å². The van der Waals surface area contributed by atoms with Crippen LogP contribution in [0.25, 0.3) is 10.4 Å². The molecule has 4 N–H and O–H groups in total. The van der Waals surface area contributed by atoms with Gasteiger partial charge in [-0.15, -0.1) is 11.3 Å². The van der Waals surface area contributed by atoms with Crippen LogP contribution >= 0.6 is 18.5 Å². The lowest BCUT2D eigenvalue weighted by Crippen LogP contribution is -2.36. The van der Waals surface area contributed by atoms with Gasteiger partial charge in [-0.2, -0.15) is 0 Å². The third-order valence-corrected chi connectivity index (χ3v) is 11.1. The number of amides is 2. The van der Waals surface area contributed by atoms with E-state index in [1.807, 2.05) is 45.2 Å². The van der Waals surface area contributed by atoms with E-state index in [1.165, 1.54) is 0 Å².